The van der Waals surface area contributed by atoms with E-state index in [1.54, 1.807) is 12.1 Å². The third-order valence-electron chi connectivity index (χ3n) is 1.82. The van der Waals surface area contributed by atoms with Crippen LogP contribution in [0, 0.1) is 0 Å². The van der Waals surface area contributed by atoms with Crippen molar-refractivity contribution in [2.75, 3.05) is 0 Å². The lowest BCUT2D eigenvalue weighted by atomic mass is 10.1. The number of hydrogen-bond donors (Lipinski definition) is 1. The minimum atomic E-state index is -0.543. The summed E-state index contributed by atoms with van der Waals surface area (Å²) in [5.74, 6) is -0.543. The topological polar surface area (TPSA) is 52.3 Å². The van der Waals surface area contributed by atoms with Crippen LogP contribution in [0.1, 0.15) is 22.8 Å². The van der Waals surface area contributed by atoms with E-state index < -0.39 is 5.97 Å². The standard InChI is InChI=1S/C10H12ClNO2/c1-7(12)6-8-2-4-9(5-3-8)10(13)14-11/h2-5,7H,6,12H2,1H3/t7-/m1/s1. The summed E-state index contributed by atoms with van der Waals surface area (Å²) >= 11 is 4.94. The Morgan fingerprint density at radius 1 is 1.50 bits per heavy atom. The maximum absolute atomic E-state index is 11.0. The van der Waals surface area contributed by atoms with Gasteiger partial charge in [0.2, 0.25) is 0 Å². The van der Waals surface area contributed by atoms with Crippen molar-refractivity contribution in [3.8, 4) is 0 Å². The molecule has 1 atom stereocenters. The average molecular weight is 214 g/mol. The summed E-state index contributed by atoms with van der Waals surface area (Å²) in [5, 5.41) is 0. The monoisotopic (exact) mass is 213 g/mol. The Hall–Kier alpha value is -1.06. The normalized spacial score (nSPS) is 12.2. The summed E-state index contributed by atoms with van der Waals surface area (Å²) in [7, 11) is 0. The van der Waals surface area contributed by atoms with Crippen LogP contribution in [0.4, 0.5) is 0 Å². The fourth-order valence-electron chi connectivity index (χ4n) is 1.19. The molecule has 4 heteroatoms. The molecular formula is C10H12ClNO2. The molecule has 3 nitrogen and oxygen atoms in total. The maximum Gasteiger partial charge on any atom is 0.356 e. The van der Waals surface area contributed by atoms with Crippen molar-refractivity contribution < 1.29 is 9.08 Å². The molecule has 0 radical (unpaired) electrons. The molecule has 0 spiro atoms. The first-order valence-electron chi connectivity index (χ1n) is 4.31. The van der Waals surface area contributed by atoms with Crippen molar-refractivity contribution >= 4 is 17.8 Å². The second-order valence-electron chi connectivity index (χ2n) is 3.24. The minimum Gasteiger partial charge on any atom is -0.343 e. The molecule has 0 saturated carbocycles. The molecule has 0 bridgehead atoms. The summed E-state index contributed by atoms with van der Waals surface area (Å²) in [6.07, 6.45) is 0.788. The summed E-state index contributed by atoms with van der Waals surface area (Å²) in [4.78, 5) is 11.0. The SMILES string of the molecule is C[C@@H](N)Cc1ccc(C(=O)OCl)cc1. The number of carbonyl (C=O) groups is 1. The molecule has 0 aromatic heterocycles. The summed E-state index contributed by atoms with van der Waals surface area (Å²) < 4.78 is 4.07. The van der Waals surface area contributed by atoms with E-state index in [0.717, 1.165) is 12.0 Å². The van der Waals surface area contributed by atoms with Gasteiger partial charge in [-0.3, -0.25) is 0 Å². The van der Waals surface area contributed by atoms with Gasteiger partial charge in [-0.15, -0.1) is 0 Å². The van der Waals surface area contributed by atoms with Crippen LogP contribution in [-0.2, 0) is 10.7 Å². The summed E-state index contributed by atoms with van der Waals surface area (Å²) in [5.41, 5.74) is 7.16. The van der Waals surface area contributed by atoms with Crippen LogP contribution in [0.5, 0.6) is 0 Å². The van der Waals surface area contributed by atoms with Gasteiger partial charge in [0, 0.05) is 6.04 Å². The van der Waals surface area contributed by atoms with Gasteiger partial charge in [-0.1, -0.05) is 12.1 Å². The van der Waals surface area contributed by atoms with E-state index >= 15 is 0 Å². The van der Waals surface area contributed by atoms with Crippen LogP contribution in [0.15, 0.2) is 24.3 Å². The number of halogens is 1. The molecule has 2 N–H and O–H groups in total. The highest BCUT2D eigenvalue weighted by Gasteiger charge is 2.06. The molecule has 14 heavy (non-hydrogen) atoms. The van der Waals surface area contributed by atoms with Gasteiger partial charge in [0.15, 0.2) is 0 Å². The Morgan fingerprint density at radius 2 is 2.07 bits per heavy atom. The molecule has 0 heterocycles. The fraction of sp³-hybridized carbons (Fsp3) is 0.300. The van der Waals surface area contributed by atoms with Crippen molar-refractivity contribution in [1.82, 2.24) is 0 Å². The molecule has 0 aliphatic rings. The quantitative estimate of drug-likeness (QED) is 0.834. The molecule has 76 valence electrons. The molecule has 0 aliphatic carbocycles. The summed E-state index contributed by atoms with van der Waals surface area (Å²) in [6, 6.07) is 7.13. The first kappa shape index (κ1) is 11.0. The second-order valence-corrected chi connectivity index (χ2v) is 3.40. The maximum atomic E-state index is 11.0. The lowest BCUT2D eigenvalue weighted by molar-refractivity contribution is 0.0751. The smallest absolute Gasteiger partial charge is 0.343 e. The molecule has 0 saturated heterocycles. The molecule has 1 aromatic rings. The van der Waals surface area contributed by atoms with Crippen molar-refractivity contribution in [3.05, 3.63) is 35.4 Å². The van der Waals surface area contributed by atoms with E-state index in [1.807, 2.05) is 19.1 Å². The first-order valence-corrected chi connectivity index (χ1v) is 4.62. The molecule has 0 amide bonds. The Morgan fingerprint density at radius 3 is 2.50 bits per heavy atom. The minimum absolute atomic E-state index is 0.112. The average Bonchev–Trinajstić information content (AvgIpc) is 2.17. The van der Waals surface area contributed by atoms with Gasteiger partial charge < -0.3 is 10.0 Å². The van der Waals surface area contributed by atoms with Crippen LogP contribution in [0.25, 0.3) is 0 Å². The van der Waals surface area contributed by atoms with Gasteiger partial charge in [-0.2, -0.15) is 0 Å². The van der Waals surface area contributed by atoms with E-state index in [4.69, 9.17) is 17.6 Å². The highest BCUT2D eigenvalue weighted by atomic mass is 35.5. The van der Waals surface area contributed by atoms with Crippen molar-refractivity contribution in [2.24, 2.45) is 5.73 Å². The number of carbonyl (C=O) groups excluding carboxylic acids is 1. The highest BCUT2D eigenvalue weighted by molar-refractivity contribution is 6.15. The Balaban J connectivity index is 2.73. The molecule has 0 unspecified atom stereocenters. The highest BCUT2D eigenvalue weighted by Crippen LogP contribution is 2.08. The van der Waals surface area contributed by atoms with Crippen molar-refractivity contribution in [3.63, 3.8) is 0 Å². The van der Waals surface area contributed by atoms with Gasteiger partial charge in [-0.05, 0) is 31.0 Å². The summed E-state index contributed by atoms with van der Waals surface area (Å²) in [6.45, 7) is 1.93. The molecule has 1 aromatic carbocycles. The van der Waals surface area contributed by atoms with Crippen LogP contribution >= 0.6 is 11.9 Å². The van der Waals surface area contributed by atoms with Crippen molar-refractivity contribution in [1.29, 1.82) is 0 Å². The van der Waals surface area contributed by atoms with Gasteiger partial charge in [-0.25, -0.2) is 4.79 Å². The van der Waals surface area contributed by atoms with E-state index in [1.165, 1.54) is 0 Å². The second kappa shape index (κ2) is 4.98. The van der Waals surface area contributed by atoms with Crippen LogP contribution < -0.4 is 5.73 Å². The zero-order valence-electron chi connectivity index (χ0n) is 7.87. The number of hydrogen-bond acceptors (Lipinski definition) is 3. The Kier molecular flexibility index (Phi) is 3.92. The predicted molar refractivity (Wildman–Crippen MR) is 55.1 cm³/mol. The third kappa shape index (κ3) is 3.01. The zero-order chi connectivity index (χ0) is 10.6. The van der Waals surface area contributed by atoms with Gasteiger partial charge in [0.25, 0.3) is 0 Å². The van der Waals surface area contributed by atoms with Gasteiger partial charge in [0.05, 0.1) is 5.56 Å². The molecule has 0 fully saturated rings. The first-order chi connectivity index (χ1) is 6.63. The molecule has 0 aliphatic heterocycles. The predicted octanol–water partition coefficient (Wildman–Crippen LogP) is 1.89. The molecular weight excluding hydrogens is 202 g/mol. The van der Waals surface area contributed by atoms with E-state index in [-0.39, 0.29) is 6.04 Å². The number of benzene rings is 1. The lowest BCUT2D eigenvalue weighted by Crippen LogP contribution is -2.17. The Bertz CT molecular complexity index is 308. The number of nitrogens with two attached hydrogens (primary N) is 1. The number of rotatable bonds is 3. The van der Waals surface area contributed by atoms with Crippen LogP contribution in [0.3, 0.4) is 0 Å². The third-order valence-corrected chi connectivity index (χ3v) is 1.96. The fourth-order valence-corrected chi connectivity index (χ4v) is 1.28. The van der Waals surface area contributed by atoms with Crippen LogP contribution in [-0.4, -0.2) is 12.0 Å². The molecule has 1 rings (SSSR count). The van der Waals surface area contributed by atoms with E-state index in [2.05, 4.69) is 4.29 Å². The largest absolute Gasteiger partial charge is 0.356 e. The lowest BCUT2D eigenvalue weighted by Gasteiger charge is -2.05. The Labute approximate surface area is 88.0 Å². The van der Waals surface area contributed by atoms with E-state index in [9.17, 15) is 4.79 Å². The van der Waals surface area contributed by atoms with E-state index in [0.29, 0.717) is 5.56 Å². The van der Waals surface area contributed by atoms with Gasteiger partial charge >= 0.3 is 5.97 Å². The zero-order valence-corrected chi connectivity index (χ0v) is 8.62. The van der Waals surface area contributed by atoms with Gasteiger partial charge in [0.1, 0.15) is 11.9 Å². The van der Waals surface area contributed by atoms with Crippen molar-refractivity contribution in [2.45, 2.75) is 19.4 Å². The van der Waals surface area contributed by atoms with Crippen LogP contribution in [0.2, 0.25) is 0 Å².